The van der Waals surface area contributed by atoms with Crippen LogP contribution in [0.5, 0.6) is 0 Å². The normalized spacial score (nSPS) is 33.2. The average Bonchev–Trinajstić information content (AvgIpc) is 2.91. The van der Waals surface area contributed by atoms with Crippen molar-refractivity contribution in [3.05, 3.63) is 0 Å². The molecule has 1 heterocycles. The SMILES string of the molecule is CCCNC1CCCCC1CN(C)C1CCOC1. The molecule has 106 valence electrons. The lowest BCUT2D eigenvalue weighted by Crippen LogP contribution is -2.46. The van der Waals surface area contributed by atoms with E-state index in [1.54, 1.807) is 0 Å². The van der Waals surface area contributed by atoms with Crippen molar-refractivity contribution in [1.82, 2.24) is 10.2 Å². The third kappa shape index (κ3) is 3.94. The third-order valence-corrected chi connectivity index (χ3v) is 4.62. The second kappa shape index (κ2) is 7.46. The van der Waals surface area contributed by atoms with Gasteiger partial charge in [-0.05, 0) is 45.2 Å². The molecule has 1 aliphatic heterocycles. The lowest BCUT2D eigenvalue weighted by molar-refractivity contribution is 0.129. The molecule has 3 atom stereocenters. The Morgan fingerprint density at radius 3 is 2.78 bits per heavy atom. The Labute approximate surface area is 112 Å². The summed E-state index contributed by atoms with van der Waals surface area (Å²) in [6, 6.07) is 1.42. The molecule has 1 aliphatic carbocycles. The summed E-state index contributed by atoms with van der Waals surface area (Å²) in [6.45, 7) is 6.58. The summed E-state index contributed by atoms with van der Waals surface area (Å²) in [5.74, 6) is 0.843. The van der Waals surface area contributed by atoms with Crippen molar-refractivity contribution in [3.8, 4) is 0 Å². The highest BCUT2D eigenvalue weighted by Crippen LogP contribution is 2.26. The molecule has 1 saturated carbocycles. The molecule has 0 bridgehead atoms. The van der Waals surface area contributed by atoms with Gasteiger partial charge in [0.2, 0.25) is 0 Å². The van der Waals surface area contributed by atoms with E-state index in [0.717, 1.165) is 25.2 Å². The summed E-state index contributed by atoms with van der Waals surface area (Å²) in [5.41, 5.74) is 0. The van der Waals surface area contributed by atoms with Crippen molar-refractivity contribution in [2.75, 3.05) is 33.4 Å². The number of likely N-dealkylation sites (N-methyl/N-ethyl adjacent to an activating group) is 1. The van der Waals surface area contributed by atoms with Crippen LogP contribution in [0.2, 0.25) is 0 Å². The quantitative estimate of drug-likeness (QED) is 0.787. The predicted molar refractivity (Wildman–Crippen MR) is 75.9 cm³/mol. The van der Waals surface area contributed by atoms with Crippen molar-refractivity contribution < 1.29 is 4.74 Å². The lowest BCUT2D eigenvalue weighted by atomic mass is 9.84. The topological polar surface area (TPSA) is 24.5 Å². The maximum Gasteiger partial charge on any atom is 0.0622 e. The van der Waals surface area contributed by atoms with Crippen LogP contribution in [-0.4, -0.2) is 50.3 Å². The van der Waals surface area contributed by atoms with Gasteiger partial charge in [0.15, 0.2) is 0 Å². The minimum atomic E-state index is 0.666. The molecule has 3 nitrogen and oxygen atoms in total. The fraction of sp³-hybridized carbons (Fsp3) is 1.00. The molecule has 2 fully saturated rings. The smallest absolute Gasteiger partial charge is 0.0622 e. The Bertz CT molecular complexity index is 229. The largest absolute Gasteiger partial charge is 0.380 e. The minimum Gasteiger partial charge on any atom is -0.380 e. The van der Waals surface area contributed by atoms with Gasteiger partial charge in [-0.1, -0.05) is 19.8 Å². The number of hydrogen-bond donors (Lipinski definition) is 1. The molecule has 0 aromatic carbocycles. The van der Waals surface area contributed by atoms with E-state index in [9.17, 15) is 0 Å². The zero-order chi connectivity index (χ0) is 12.8. The van der Waals surface area contributed by atoms with Gasteiger partial charge >= 0.3 is 0 Å². The van der Waals surface area contributed by atoms with E-state index >= 15 is 0 Å². The van der Waals surface area contributed by atoms with E-state index in [1.807, 2.05) is 0 Å². The van der Waals surface area contributed by atoms with Crippen LogP contribution in [0.3, 0.4) is 0 Å². The van der Waals surface area contributed by atoms with Crippen molar-refractivity contribution in [1.29, 1.82) is 0 Å². The molecule has 0 spiro atoms. The molecule has 1 N–H and O–H groups in total. The molecule has 2 rings (SSSR count). The summed E-state index contributed by atoms with van der Waals surface area (Å²) in [5, 5.41) is 3.76. The zero-order valence-corrected chi connectivity index (χ0v) is 12.2. The zero-order valence-electron chi connectivity index (χ0n) is 12.2. The van der Waals surface area contributed by atoms with Crippen LogP contribution in [0.4, 0.5) is 0 Å². The van der Waals surface area contributed by atoms with Gasteiger partial charge in [0.25, 0.3) is 0 Å². The Balaban J connectivity index is 1.80. The molecular formula is C15H30N2O. The number of nitrogens with zero attached hydrogens (tertiary/aromatic N) is 1. The fourth-order valence-electron chi connectivity index (χ4n) is 3.41. The molecule has 0 aromatic rings. The van der Waals surface area contributed by atoms with E-state index in [-0.39, 0.29) is 0 Å². The first-order chi connectivity index (χ1) is 8.81. The number of hydrogen-bond acceptors (Lipinski definition) is 3. The van der Waals surface area contributed by atoms with E-state index in [0.29, 0.717) is 6.04 Å². The minimum absolute atomic E-state index is 0.666. The number of rotatable bonds is 6. The Morgan fingerprint density at radius 2 is 2.06 bits per heavy atom. The molecule has 3 unspecified atom stereocenters. The highest BCUT2D eigenvalue weighted by molar-refractivity contribution is 4.84. The Kier molecular flexibility index (Phi) is 5.93. The van der Waals surface area contributed by atoms with E-state index < -0.39 is 0 Å². The van der Waals surface area contributed by atoms with Crippen LogP contribution in [0, 0.1) is 5.92 Å². The highest BCUT2D eigenvalue weighted by atomic mass is 16.5. The number of nitrogens with one attached hydrogen (secondary N) is 1. The van der Waals surface area contributed by atoms with E-state index in [1.165, 1.54) is 51.6 Å². The van der Waals surface area contributed by atoms with Crippen molar-refractivity contribution in [2.45, 2.75) is 57.5 Å². The summed E-state index contributed by atoms with van der Waals surface area (Å²) in [4.78, 5) is 2.55. The number of ether oxygens (including phenoxy) is 1. The van der Waals surface area contributed by atoms with Gasteiger partial charge in [-0.25, -0.2) is 0 Å². The first kappa shape index (κ1) is 14.3. The summed E-state index contributed by atoms with van der Waals surface area (Å²) in [7, 11) is 2.28. The van der Waals surface area contributed by atoms with Crippen LogP contribution in [0.15, 0.2) is 0 Å². The first-order valence-electron chi connectivity index (χ1n) is 7.82. The molecule has 1 saturated heterocycles. The highest BCUT2D eigenvalue weighted by Gasteiger charge is 2.28. The molecule has 0 amide bonds. The predicted octanol–water partition coefficient (Wildman–Crippen LogP) is 2.27. The van der Waals surface area contributed by atoms with Gasteiger partial charge in [-0.15, -0.1) is 0 Å². The summed E-state index contributed by atoms with van der Waals surface area (Å²) >= 11 is 0. The van der Waals surface area contributed by atoms with Gasteiger partial charge in [-0.2, -0.15) is 0 Å². The molecule has 2 aliphatic rings. The standard InChI is InChI=1S/C15H30N2O/c1-3-9-16-15-7-5-4-6-13(15)11-17(2)14-8-10-18-12-14/h13-16H,3-12H2,1-2H3. The maximum absolute atomic E-state index is 5.50. The van der Waals surface area contributed by atoms with Gasteiger partial charge < -0.3 is 15.0 Å². The maximum atomic E-state index is 5.50. The molecule has 18 heavy (non-hydrogen) atoms. The third-order valence-electron chi connectivity index (χ3n) is 4.62. The second-order valence-electron chi connectivity index (χ2n) is 6.06. The van der Waals surface area contributed by atoms with Crippen molar-refractivity contribution in [3.63, 3.8) is 0 Å². The average molecular weight is 254 g/mol. The molecule has 0 aromatic heterocycles. The van der Waals surface area contributed by atoms with Gasteiger partial charge in [0.05, 0.1) is 6.61 Å². The van der Waals surface area contributed by atoms with E-state index in [2.05, 4.69) is 24.2 Å². The summed E-state index contributed by atoms with van der Waals surface area (Å²) in [6.07, 6.45) is 8.07. The van der Waals surface area contributed by atoms with Crippen molar-refractivity contribution in [2.24, 2.45) is 5.92 Å². The first-order valence-corrected chi connectivity index (χ1v) is 7.82. The van der Waals surface area contributed by atoms with Crippen LogP contribution in [-0.2, 0) is 4.74 Å². The van der Waals surface area contributed by atoms with Crippen LogP contribution in [0.25, 0.3) is 0 Å². The fourth-order valence-corrected chi connectivity index (χ4v) is 3.41. The molecule has 3 heteroatoms. The summed E-state index contributed by atoms with van der Waals surface area (Å²) < 4.78 is 5.50. The molecule has 0 radical (unpaired) electrons. The van der Waals surface area contributed by atoms with Gasteiger partial charge in [0, 0.05) is 25.2 Å². The molecular weight excluding hydrogens is 224 g/mol. The monoisotopic (exact) mass is 254 g/mol. The van der Waals surface area contributed by atoms with Crippen LogP contribution < -0.4 is 5.32 Å². The van der Waals surface area contributed by atoms with Crippen LogP contribution >= 0.6 is 0 Å². The van der Waals surface area contributed by atoms with Crippen molar-refractivity contribution >= 4 is 0 Å². The lowest BCUT2D eigenvalue weighted by Gasteiger charge is -2.36. The van der Waals surface area contributed by atoms with Gasteiger partial charge in [0.1, 0.15) is 0 Å². The second-order valence-corrected chi connectivity index (χ2v) is 6.06. The van der Waals surface area contributed by atoms with Gasteiger partial charge in [-0.3, -0.25) is 0 Å². The van der Waals surface area contributed by atoms with Crippen LogP contribution in [0.1, 0.15) is 45.4 Å². The Hall–Kier alpha value is -0.120. The van der Waals surface area contributed by atoms with E-state index in [4.69, 9.17) is 4.74 Å². The Morgan fingerprint density at radius 1 is 1.22 bits per heavy atom.